The molecule has 3 rings (SSSR count). The molecule has 2 N–H and O–H groups in total. The van der Waals surface area contributed by atoms with Gasteiger partial charge in [0.1, 0.15) is 0 Å². The number of aromatic amines is 1. The molecule has 0 spiro atoms. The fourth-order valence-electron chi connectivity index (χ4n) is 2.47. The number of hydrogen-bond acceptors (Lipinski definition) is 1. The molecule has 1 heterocycles. The first-order chi connectivity index (χ1) is 8.83. The predicted octanol–water partition coefficient (Wildman–Crippen LogP) is 3.09. The second kappa shape index (κ2) is 4.84. The molecule has 1 amide bonds. The summed E-state index contributed by atoms with van der Waals surface area (Å²) in [6.07, 6.45) is 7.06. The highest BCUT2D eigenvalue weighted by atomic mass is 16.1. The molecule has 0 radical (unpaired) electrons. The van der Waals surface area contributed by atoms with E-state index in [4.69, 9.17) is 0 Å². The zero-order valence-corrected chi connectivity index (χ0v) is 10.4. The zero-order chi connectivity index (χ0) is 12.4. The van der Waals surface area contributed by atoms with E-state index in [2.05, 4.69) is 10.3 Å². The SMILES string of the molecule is O=C(NCCC1CCC1)c1ccc2[nH]ccc2c1. The van der Waals surface area contributed by atoms with E-state index in [1.165, 1.54) is 19.3 Å². The molecule has 18 heavy (non-hydrogen) atoms. The molecule has 0 aliphatic heterocycles. The van der Waals surface area contributed by atoms with E-state index in [1.807, 2.05) is 30.5 Å². The van der Waals surface area contributed by atoms with Crippen molar-refractivity contribution in [2.45, 2.75) is 25.7 Å². The Morgan fingerprint density at radius 1 is 1.33 bits per heavy atom. The summed E-state index contributed by atoms with van der Waals surface area (Å²) in [5, 5.41) is 4.09. The summed E-state index contributed by atoms with van der Waals surface area (Å²) >= 11 is 0. The van der Waals surface area contributed by atoms with Gasteiger partial charge >= 0.3 is 0 Å². The molecule has 1 aromatic heterocycles. The fraction of sp³-hybridized carbons (Fsp3) is 0.400. The standard InChI is InChI=1S/C15H18N2O/c18-15(17-8-6-11-2-1-3-11)13-4-5-14-12(10-13)7-9-16-14/h4-5,7,9-11,16H,1-3,6,8H2,(H,17,18). The molecule has 1 saturated carbocycles. The van der Waals surface area contributed by atoms with Crippen LogP contribution in [-0.2, 0) is 0 Å². The van der Waals surface area contributed by atoms with Crippen molar-refractivity contribution in [2.75, 3.05) is 6.54 Å². The van der Waals surface area contributed by atoms with E-state index < -0.39 is 0 Å². The fourth-order valence-corrected chi connectivity index (χ4v) is 2.47. The quantitative estimate of drug-likeness (QED) is 0.850. The molecule has 0 bridgehead atoms. The third-order valence-corrected chi connectivity index (χ3v) is 3.88. The van der Waals surface area contributed by atoms with Gasteiger partial charge in [0.15, 0.2) is 0 Å². The molecular formula is C15H18N2O. The van der Waals surface area contributed by atoms with E-state index >= 15 is 0 Å². The number of hydrogen-bond donors (Lipinski definition) is 2. The first-order valence-electron chi connectivity index (χ1n) is 6.68. The second-order valence-corrected chi connectivity index (χ2v) is 5.12. The van der Waals surface area contributed by atoms with E-state index in [-0.39, 0.29) is 5.91 Å². The summed E-state index contributed by atoms with van der Waals surface area (Å²) in [5.41, 5.74) is 1.82. The number of benzene rings is 1. The summed E-state index contributed by atoms with van der Waals surface area (Å²) in [6.45, 7) is 0.800. The van der Waals surface area contributed by atoms with Gasteiger partial charge in [-0.2, -0.15) is 0 Å². The number of rotatable bonds is 4. The maximum absolute atomic E-state index is 12.0. The lowest BCUT2D eigenvalue weighted by atomic mass is 9.83. The Morgan fingerprint density at radius 2 is 2.22 bits per heavy atom. The van der Waals surface area contributed by atoms with Gasteiger partial charge in [-0.25, -0.2) is 0 Å². The van der Waals surface area contributed by atoms with E-state index in [0.29, 0.717) is 0 Å². The summed E-state index contributed by atoms with van der Waals surface area (Å²) < 4.78 is 0. The average molecular weight is 242 g/mol. The van der Waals surface area contributed by atoms with Gasteiger partial charge in [-0.1, -0.05) is 19.3 Å². The Kier molecular flexibility index (Phi) is 3.05. The molecule has 1 aliphatic carbocycles. The van der Waals surface area contributed by atoms with Gasteiger partial charge in [0.2, 0.25) is 0 Å². The summed E-state index contributed by atoms with van der Waals surface area (Å²) in [6, 6.07) is 7.75. The molecule has 0 atom stereocenters. The van der Waals surface area contributed by atoms with Gasteiger partial charge in [0.25, 0.3) is 5.91 Å². The van der Waals surface area contributed by atoms with Gasteiger partial charge in [0, 0.05) is 29.2 Å². The Labute approximate surface area is 107 Å². The number of aromatic nitrogens is 1. The minimum absolute atomic E-state index is 0.0393. The maximum atomic E-state index is 12.0. The summed E-state index contributed by atoms with van der Waals surface area (Å²) in [5.74, 6) is 0.884. The van der Waals surface area contributed by atoms with Crippen LogP contribution in [0.15, 0.2) is 30.5 Å². The van der Waals surface area contributed by atoms with Crippen LogP contribution in [0.25, 0.3) is 10.9 Å². The zero-order valence-electron chi connectivity index (χ0n) is 10.4. The monoisotopic (exact) mass is 242 g/mol. The maximum Gasteiger partial charge on any atom is 0.251 e. The Morgan fingerprint density at radius 3 is 3.00 bits per heavy atom. The Bertz CT molecular complexity index is 554. The lowest BCUT2D eigenvalue weighted by Crippen LogP contribution is -2.27. The molecule has 3 nitrogen and oxygen atoms in total. The highest BCUT2D eigenvalue weighted by Crippen LogP contribution is 2.28. The Hall–Kier alpha value is -1.77. The van der Waals surface area contributed by atoms with E-state index in [0.717, 1.165) is 35.3 Å². The number of fused-ring (bicyclic) bond motifs is 1. The smallest absolute Gasteiger partial charge is 0.251 e. The van der Waals surface area contributed by atoms with Gasteiger partial charge < -0.3 is 10.3 Å². The van der Waals surface area contributed by atoms with Gasteiger partial charge in [0.05, 0.1) is 0 Å². The number of carbonyl (C=O) groups excluding carboxylic acids is 1. The summed E-state index contributed by atoms with van der Waals surface area (Å²) in [7, 11) is 0. The normalized spacial score (nSPS) is 15.6. The molecule has 1 aliphatic rings. The van der Waals surface area contributed by atoms with Crippen LogP contribution in [-0.4, -0.2) is 17.4 Å². The number of H-pyrrole nitrogens is 1. The molecular weight excluding hydrogens is 224 g/mol. The van der Waals surface area contributed by atoms with Crippen molar-refractivity contribution in [3.63, 3.8) is 0 Å². The minimum atomic E-state index is 0.0393. The van der Waals surface area contributed by atoms with Crippen molar-refractivity contribution in [3.8, 4) is 0 Å². The molecule has 0 unspecified atom stereocenters. The lowest BCUT2D eigenvalue weighted by Gasteiger charge is -2.25. The van der Waals surface area contributed by atoms with Crippen molar-refractivity contribution in [1.29, 1.82) is 0 Å². The van der Waals surface area contributed by atoms with Crippen molar-refractivity contribution < 1.29 is 4.79 Å². The van der Waals surface area contributed by atoms with Gasteiger partial charge in [-0.3, -0.25) is 4.79 Å². The van der Waals surface area contributed by atoms with E-state index in [9.17, 15) is 4.79 Å². The molecule has 2 aromatic rings. The highest BCUT2D eigenvalue weighted by molar-refractivity contribution is 5.98. The topological polar surface area (TPSA) is 44.9 Å². The largest absolute Gasteiger partial charge is 0.361 e. The van der Waals surface area contributed by atoms with Gasteiger partial charge in [-0.05, 0) is 36.6 Å². The predicted molar refractivity (Wildman–Crippen MR) is 72.6 cm³/mol. The highest BCUT2D eigenvalue weighted by Gasteiger charge is 2.17. The molecule has 0 saturated heterocycles. The molecule has 1 aromatic carbocycles. The average Bonchev–Trinajstić information content (AvgIpc) is 2.79. The summed E-state index contributed by atoms with van der Waals surface area (Å²) in [4.78, 5) is 15.1. The molecule has 1 fully saturated rings. The van der Waals surface area contributed by atoms with Crippen LogP contribution in [0.3, 0.4) is 0 Å². The first-order valence-corrected chi connectivity index (χ1v) is 6.68. The van der Waals surface area contributed by atoms with Crippen molar-refractivity contribution in [3.05, 3.63) is 36.0 Å². The first kappa shape index (κ1) is 11.3. The number of nitrogens with one attached hydrogen (secondary N) is 2. The van der Waals surface area contributed by atoms with Crippen LogP contribution in [0.5, 0.6) is 0 Å². The van der Waals surface area contributed by atoms with Gasteiger partial charge in [-0.15, -0.1) is 0 Å². The Balaban J connectivity index is 1.60. The number of amides is 1. The third kappa shape index (κ3) is 2.26. The van der Waals surface area contributed by atoms with E-state index in [1.54, 1.807) is 0 Å². The molecule has 3 heteroatoms. The van der Waals surface area contributed by atoms with Crippen molar-refractivity contribution >= 4 is 16.8 Å². The molecule has 94 valence electrons. The van der Waals surface area contributed by atoms with Crippen LogP contribution in [0.4, 0.5) is 0 Å². The minimum Gasteiger partial charge on any atom is -0.361 e. The van der Waals surface area contributed by atoms with Crippen molar-refractivity contribution in [1.82, 2.24) is 10.3 Å². The number of carbonyl (C=O) groups is 1. The van der Waals surface area contributed by atoms with Crippen LogP contribution in [0.1, 0.15) is 36.0 Å². The lowest BCUT2D eigenvalue weighted by molar-refractivity contribution is 0.0949. The van der Waals surface area contributed by atoms with Crippen LogP contribution < -0.4 is 5.32 Å². The third-order valence-electron chi connectivity index (χ3n) is 3.88. The van der Waals surface area contributed by atoms with Crippen LogP contribution in [0, 0.1) is 5.92 Å². The van der Waals surface area contributed by atoms with Crippen molar-refractivity contribution in [2.24, 2.45) is 5.92 Å². The second-order valence-electron chi connectivity index (χ2n) is 5.12. The van der Waals surface area contributed by atoms with Crippen LogP contribution >= 0.6 is 0 Å². The van der Waals surface area contributed by atoms with Crippen LogP contribution in [0.2, 0.25) is 0 Å².